The van der Waals surface area contributed by atoms with Gasteiger partial charge in [-0.05, 0) is 18.4 Å². The zero-order valence-electron chi connectivity index (χ0n) is 11.7. The van der Waals surface area contributed by atoms with Crippen LogP contribution in [0.5, 0.6) is 0 Å². The highest BCUT2D eigenvalue weighted by atomic mass is 32.2. The zero-order valence-corrected chi connectivity index (χ0v) is 12.5. The van der Waals surface area contributed by atoms with Crippen LogP contribution in [0.25, 0.3) is 0 Å². The van der Waals surface area contributed by atoms with E-state index in [1.54, 1.807) is 11.8 Å². The summed E-state index contributed by atoms with van der Waals surface area (Å²) in [6.45, 7) is 4.20. The first-order valence-electron chi connectivity index (χ1n) is 6.70. The van der Waals surface area contributed by atoms with E-state index in [1.165, 1.54) is 5.56 Å². The highest BCUT2D eigenvalue weighted by Gasteiger charge is 2.22. The van der Waals surface area contributed by atoms with Gasteiger partial charge in [-0.3, -0.25) is 4.79 Å². The smallest absolute Gasteiger partial charge is 0.230 e. The van der Waals surface area contributed by atoms with Crippen LogP contribution in [-0.4, -0.2) is 28.9 Å². The average Bonchev–Trinajstić information content (AvgIpc) is 2.46. The maximum Gasteiger partial charge on any atom is 0.230 e. The molecule has 0 spiro atoms. The second-order valence-electron chi connectivity index (χ2n) is 4.69. The topological polar surface area (TPSA) is 49.3 Å². The van der Waals surface area contributed by atoms with Crippen molar-refractivity contribution in [2.45, 2.75) is 38.0 Å². The van der Waals surface area contributed by atoms with Crippen molar-refractivity contribution in [2.75, 3.05) is 12.3 Å². The minimum absolute atomic E-state index is 0.0127. The molecule has 0 aromatic heterocycles. The van der Waals surface area contributed by atoms with Crippen molar-refractivity contribution in [1.29, 1.82) is 0 Å². The number of rotatable bonds is 8. The predicted octanol–water partition coefficient (Wildman–Crippen LogP) is 2.59. The molecule has 0 radical (unpaired) electrons. The third-order valence-electron chi connectivity index (χ3n) is 3.28. The molecule has 1 aromatic carbocycles. The number of hydrogen-bond acceptors (Lipinski definition) is 3. The number of benzene rings is 1. The molecule has 0 saturated carbocycles. The lowest BCUT2D eigenvalue weighted by atomic mass is 9.98. The van der Waals surface area contributed by atoms with Gasteiger partial charge in [-0.1, -0.05) is 44.2 Å². The van der Waals surface area contributed by atoms with Gasteiger partial charge in [-0.25, -0.2) is 0 Å². The molecule has 1 aromatic rings. The molecule has 19 heavy (non-hydrogen) atoms. The number of carbonyl (C=O) groups is 1. The fraction of sp³-hybridized carbons (Fsp3) is 0.533. The van der Waals surface area contributed by atoms with Gasteiger partial charge in [0.25, 0.3) is 0 Å². The highest BCUT2D eigenvalue weighted by Crippen LogP contribution is 2.14. The molecule has 4 heteroatoms. The zero-order chi connectivity index (χ0) is 14.1. The molecule has 106 valence electrons. The Morgan fingerprint density at radius 3 is 2.47 bits per heavy atom. The maximum absolute atomic E-state index is 11.7. The molecule has 0 bridgehead atoms. The van der Waals surface area contributed by atoms with E-state index in [4.69, 9.17) is 0 Å². The molecule has 0 aliphatic carbocycles. The number of carbonyl (C=O) groups excluding carboxylic acids is 1. The second kappa shape index (κ2) is 8.23. The van der Waals surface area contributed by atoms with Crippen molar-refractivity contribution in [1.82, 2.24) is 5.32 Å². The fourth-order valence-electron chi connectivity index (χ4n) is 1.65. The van der Waals surface area contributed by atoms with Gasteiger partial charge in [0.15, 0.2) is 0 Å². The minimum Gasteiger partial charge on any atom is -0.388 e. The molecule has 2 N–H and O–H groups in total. The molecule has 0 aliphatic rings. The molecule has 0 fully saturated rings. The normalized spacial score (nSPS) is 11.3. The van der Waals surface area contributed by atoms with E-state index in [0.29, 0.717) is 25.1 Å². The van der Waals surface area contributed by atoms with Crippen molar-refractivity contribution in [2.24, 2.45) is 0 Å². The van der Waals surface area contributed by atoms with Gasteiger partial charge in [0.2, 0.25) is 5.91 Å². The average molecular weight is 281 g/mol. The molecule has 1 rings (SSSR count). The monoisotopic (exact) mass is 281 g/mol. The van der Waals surface area contributed by atoms with Gasteiger partial charge in [-0.15, -0.1) is 11.8 Å². The molecule has 0 atom stereocenters. The molecular formula is C15H23NO2S. The van der Waals surface area contributed by atoms with Crippen molar-refractivity contribution >= 4 is 17.7 Å². The summed E-state index contributed by atoms with van der Waals surface area (Å²) in [7, 11) is 0. The van der Waals surface area contributed by atoms with E-state index >= 15 is 0 Å². The minimum atomic E-state index is -0.764. The Morgan fingerprint density at radius 1 is 1.26 bits per heavy atom. The van der Waals surface area contributed by atoms with Gasteiger partial charge in [0, 0.05) is 12.3 Å². The molecule has 1 amide bonds. The molecule has 0 unspecified atom stereocenters. The Balaban J connectivity index is 2.22. The number of aliphatic hydroxyl groups is 1. The Bertz CT molecular complexity index is 377. The molecular weight excluding hydrogens is 258 g/mol. The van der Waals surface area contributed by atoms with Crippen molar-refractivity contribution in [3.8, 4) is 0 Å². The van der Waals surface area contributed by atoms with Crippen LogP contribution in [-0.2, 0) is 10.5 Å². The van der Waals surface area contributed by atoms with E-state index < -0.39 is 5.60 Å². The van der Waals surface area contributed by atoms with Crippen LogP contribution < -0.4 is 5.32 Å². The Hall–Kier alpha value is -1.00. The standard InChI is InChI=1S/C15H23NO2S/c1-3-15(18,4-2)12-16-14(17)11-19-10-13-8-6-5-7-9-13/h5-9,18H,3-4,10-12H2,1-2H3,(H,16,17). The first kappa shape index (κ1) is 16.1. The lowest BCUT2D eigenvalue weighted by molar-refractivity contribution is -0.119. The largest absolute Gasteiger partial charge is 0.388 e. The quantitative estimate of drug-likeness (QED) is 0.770. The van der Waals surface area contributed by atoms with Crippen LogP contribution in [0, 0.1) is 0 Å². The third-order valence-corrected chi connectivity index (χ3v) is 4.28. The summed E-state index contributed by atoms with van der Waals surface area (Å²) in [5.41, 5.74) is 0.457. The number of thioether (sulfide) groups is 1. The molecule has 3 nitrogen and oxygen atoms in total. The number of amides is 1. The first-order valence-corrected chi connectivity index (χ1v) is 7.86. The predicted molar refractivity (Wildman–Crippen MR) is 81.1 cm³/mol. The molecule has 0 aliphatic heterocycles. The summed E-state index contributed by atoms with van der Waals surface area (Å²) >= 11 is 1.59. The van der Waals surface area contributed by atoms with Crippen molar-refractivity contribution in [3.63, 3.8) is 0 Å². The lowest BCUT2D eigenvalue weighted by Crippen LogP contribution is -2.42. The highest BCUT2D eigenvalue weighted by molar-refractivity contribution is 7.99. The summed E-state index contributed by atoms with van der Waals surface area (Å²) < 4.78 is 0. The fourth-order valence-corrected chi connectivity index (χ4v) is 2.47. The summed E-state index contributed by atoms with van der Waals surface area (Å²) in [4.78, 5) is 11.7. The van der Waals surface area contributed by atoms with Gasteiger partial charge < -0.3 is 10.4 Å². The van der Waals surface area contributed by atoms with Gasteiger partial charge in [0.1, 0.15) is 0 Å². The molecule has 0 saturated heterocycles. The van der Waals surface area contributed by atoms with E-state index in [-0.39, 0.29) is 5.91 Å². The Kier molecular flexibility index (Phi) is 6.95. The van der Waals surface area contributed by atoms with Crippen molar-refractivity contribution in [3.05, 3.63) is 35.9 Å². The van der Waals surface area contributed by atoms with Gasteiger partial charge >= 0.3 is 0 Å². The van der Waals surface area contributed by atoms with Crippen LogP contribution in [0.4, 0.5) is 0 Å². The maximum atomic E-state index is 11.7. The van der Waals surface area contributed by atoms with E-state index in [1.807, 2.05) is 32.0 Å². The van der Waals surface area contributed by atoms with E-state index in [9.17, 15) is 9.90 Å². The van der Waals surface area contributed by atoms with Crippen LogP contribution in [0.1, 0.15) is 32.3 Å². The Morgan fingerprint density at radius 2 is 1.89 bits per heavy atom. The van der Waals surface area contributed by atoms with E-state index in [0.717, 1.165) is 5.75 Å². The van der Waals surface area contributed by atoms with E-state index in [2.05, 4.69) is 17.4 Å². The Labute approximate surface area is 119 Å². The first-order chi connectivity index (χ1) is 9.09. The van der Waals surface area contributed by atoms with Gasteiger partial charge in [0.05, 0.1) is 11.4 Å². The molecule has 0 heterocycles. The SMILES string of the molecule is CCC(O)(CC)CNC(=O)CSCc1ccccc1. The number of nitrogens with one attached hydrogen (secondary N) is 1. The van der Waals surface area contributed by atoms with Crippen LogP contribution in [0.3, 0.4) is 0 Å². The summed E-state index contributed by atoms with van der Waals surface area (Å²) in [5, 5.41) is 12.9. The van der Waals surface area contributed by atoms with Crippen LogP contribution in [0.2, 0.25) is 0 Å². The van der Waals surface area contributed by atoms with Crippen molar-refractivity contribution < 1.29 is 9.90 Å². The lowest BCUT2D eigenvalue weighted by Gasteiger charge is -2.25. The summed E-state index contributed by atoms with van der Waals surface area (Å²) in [5.74, 6) is 1.25. The summed E-state index contributed by atoms with van der Waals surface area (Å²) in [6, 6.07) is 10.1. The van der Waals surface area contributed by atoms with Gasteiger partial charge in [-0.2, -0.15) is 0 Å². The second-order valence-corrected chi connectivity index (χ2v) is 5.67. The summed E-state index contributed by atoms with van der Waals surface area (Å²) in [6.07, 6.45) is 1.31. The third kappa shape index (κ3) is 6.12. The number of hydrogen-bond donors (Lipinski definition) is 2. The van der Waals surface area contributed by atoms with Crippen LogP contribution >= 0.6 is 11.8 Å². The van der Waals surface area contributed by atoms with Crippen LogP contribution in [0.15, 0.2) is 30.3 Å².